The molecule has 0 spiro atoms. The molecule has 0 saturated heterocycles. The molecule has 102 heavy (non-hydrogen) atoms. The van der Waals surface area contributed by atoms with Crippen LogP contribution in [0.15, 0.2) is 348 Å². The van der Waals surface area contributed by atoms with E-state index in [1.807, 2.05) is 48.5 Å². The highest BCUT2D eigenvalue weighted by atomic mass is 16.3. The first-order valence-corrected chi connectivity index (χ1v) is 34.5. The van der Waals surface area contributed by atoms with Crippen molar-refractivity contribution in [2.24, 2.45) is 0 Å². The zero-order valence-electron chi connectivity index (χ0n) is 64.4. The van der Waals surface area contributed by atoms with E-state index in [4.69, 9.17) is 14.3 Å². The highest BCUT2D eigenvalue weighted by Gasteiger charge is 2.22. The van der Waals surface area contributed by atoms with Crippen LogP contribution >= 0.6 is 0 Å². The van der Waals surface area contributed by atoms with Gasteiger partial charge in [0.25, 0.3) is 0 Å². The van der Waals surface area contributed by atoms with Crippen LogP contribution < -0.4 is 0 Å². The molecular weight excluding hydrogens is 1230 g/mol. The predicted molar refractivity (Wildman–Crippen MR) is 435 cm³/mol. The van der Waals surface area contributed by atoms with E-state index in [0.717, 1.165) is 152 Å². The maximum Gasteiger partial charge on any atom is 0.136 e. The third-order valence-electron chi connectivity index (χ3n) is 21.8. The van der Waals surface area contributed by atoms with Crippen molar-refractivity contribution in [2.45, 2.75) is 0 Å². The Morgan fingerprint density at radius 3 is 1.00 bits per heavy atom. The Morgan fingerprint density at radius 1 is 0.176 bits per heavy atom. The normalized spacial score (nSPS) is 13.7. The molecule has 0 radical (unpaired) electrons. The average molecular weight is 1300 g/mol. The Labute approximate surface area is 598 Å². The first-order valence-electron chi connectivity index (χ1n) is 39.5. The molecule has 2 heteroatoms. The molecule has 0 aliphatic heterocycles. The van der Waals surface area contributed by atoms with E-state index in [1.54, 1.807) is 0 Å². The zero-order chi connectivity index (χ0) is 75.1. The maximum atomic E-state index is 10.1. The van der Waals surface area contributed by atoms with E-state index in [1.165, 1.54) is 32.3 Å². The van der Waals surface area contributed by atoms with Gasteiger partial charge in [-0.3, -0.25) is 0 Å². The van der Waals surface area contributed by atoms with Gasteiger partial charge in [0.05, 0.1) is 13.7 Å². The predicted octanol–water partition coefficient (Wildman–Crippen LogP) is 28.8. The van der Waals surface area contributed by atoms with Crippen LogP contribution in [-0.4, -0.2) is 0 Å². The topological polar surface area (TPSA) is 26.3 Å². The van der Waals surface area contributed by atoms with Crippen LogP contribution in [0, 0.1) is 0 Å². The summed E-state index contributed by atoms with van der Waals surface area (Å²) in [6, 6.07) is 95.4. The van der Waals surface area contributed by atoms with Crippen LogP contribution in [0.5, 0.6) is 0 Å². The smallest absolute Gasteiger partial charge is 0.136 e. The van der Waals surface area contributed by atoms with Crippen molar-refractivity contribution in [3.63, 3.8) is 0 Å². The van der Waals surface area contributed by atoms with Crippen LogP contribution in [0.3, 0.4) is 0 Å². The molecule has 0 N–H and O–H groups in total. The summed E-state index contributed by atoms with van der Waals surface area (Å²) < 4.78 is 105. The van der Waals surface area contributed by atoms with Gasteiger partial charge in [-0.1, -0.05) is 267 Å². The van der Waals surface area contributed by atoms with Crippen molar-refractivity contribution >= 4 is 173 Å². The Hall–Kier alpha value is -13.4. The minimum absolute atomic E-state index is 0.0104. The van der Waals surface area contributed by atoms with Crippen molar-refractivity contribution in [3.05, 3.63) is 339 Å². The van der Waals surface area contributed by atoms with Crippen molar-refractivity contribution in [1.29, 1.82) is 0 Å². The molecule has 0 unspecified atom stereocenters. The molecule has 2 nitrogen and oxygen atoms in total. The third kappa shape index (κ3) is 8.18. The fourth-order valence-corrected chi connectivity index (χ4v) is 17.2. The standard InChI is InChI=1S/2C50H28O/c2*1-2-10-45-41(9-1)42-22-19-35(28-46(42)51-45)36-25-37(39-20-15-33-13-11-29-5-3-7-31-17-23-43(39)49(33)47(29)31)27-38(26-36)40-21-16-34-14-12-30-6-4-8-32-18-24-44(40)50(34)48(30)32/h2*1-28H/i1D,2D,9D,10D,19D,22D,28D;25D,26D,27D. The fraction of sp³-hybridized carbons (Fsp3) is 0. The lowest BCUT2D eigenvalue weighted by Crippen LogP contribution is -1.91. The number of hydrogen-bond acceptors (Lipinski definition) is 2. The van der Waals surface area contributed by atoms with Gasteiger partial charge in [0.15, 0.2) is 0 Å². The Bertz CT molecular complexity index is 7870. The van der Waals surface area contributed by atoms with Gasteiger partial charge in [-0.25, -0.2) is 0 Å². The summed E-state index contributed by atoms with van der Waals surface area (Å²) in [6.45, 7) is 0. The molecule has 0 amide bonds. The van der Waals surface area contributed by atoms with Gasteiger partial charge in [-0.05, 0) is 269 Å². The monoisotopic (exact) mass is 1300 g/mol. The van der Waals surface area contributed by atoms with E-state index >= 15 is 0 Å². The quantitative estimate of drug-likeness (QED) is 0.155. The highest BCUT2D eigenvalue weighted by Crippen LogP contribution is 2.49. The molecule has 0 atom stereocenters. The van der Waals surface area contributed by atoms with Gasteiger partial charge in [-0.2, -0.15) is 0 Å². The molecule has 0 aliphatic rings. The zero-order valence-corrected chi connectivity index (χ0v) is 54.4. The van der Waals surface area contributed by atoms with Crippen LogP contribution in [-0.2, 0) is 0 Å². The van der Waals surface area contributed by atoms with Crippen molar-refractivity contribution in [2.75, 3.05) is 0 Å². The summed E-state index contributed by atoms with van der Waals surface area (Å²) in [4.78, 5) is 0. The van der Waals surface area contributed by atoms with Crippen molar-refractivity contribution in [3.8, 4) is 66.8 Å². The SMILES string of the molecule is [2H]c1c(-c2ccc3c(c2)oc2ccccc23)c([2H])c(-c2ccc3ccc4cccc5ccc2c3c45)c([2H])c1-c1ccc2ccc3cccc4ccc1c2c34.[2H]c1c([2H])c([2H])c2c(oc3c([2H])c(-c4cc(-c5ccc6ccc7cccc8ccc5c6c78)cc(-c5ccc6ccc7cccc8ccc5c6c78)c4)c([2H])c([2H])c32)c1[2H]. The van der Waals surface area contributed by atoms with E-state index in [9.17, 15) is 8.22 Å². The van der Waals surface area contributed by atoms with E-state index < -0.39 is 12.1 Å². The molecular formula is C100H56O2. The Kier molecular flexibility index (Phi) is 9.65. The summed E-state index contributed by atoms with van der Waals surface area (Å²) in [7, 11) is 0. The summed E-state index contributed by atoms with van der Waals surface area (Å²) in [5, 5.41) is 29.4. The van der Waals surface area contributed by atoms with Crippen molar-refractivity contribution in [1.82, 2.24) is 0 Å². The average Bonchev–Trinajstić information content (AvgIpc) is 1.37. The number of hydrogen-bond donors (Lipinski definition) is 0. The van der Waals surface area contributed by atoms with Crippen LogP contribution in [0.4, 0.5) is 0 Å². The second kappa shape index (κ2) is 21.1. The number of rotatable bonds is 6. The third-order valence-corrected chi connectivity index (χ3v) is 21.8. The van der Waals surface area contributed by atoms with Crippen molar-refractivity contribution < 1.29 is 22.5 Å². The lowest BCUT2D eigenvalue weighted by atomic mass is 9.86. The molecule has 0 saturated carbocycles. The summed E-state index contributed by atoms with van der Waals surface area (Å²) >= 11 is 0. The Balaban J connectivity index is 0.000000134. The van der Waals surface area contributed by atoms with E-state index in [-0.39, 0.29) is 75.8 Å². The van der Waals surface area contributed by atoms with Gasteiger partial charge in [0.2, 0.25) is 0 Å². The van der Waals surface area contributed by atoms with Crippen LogP contribution in [0.2, 0.25) is 0 Å². The Morgan fingerprint density at radius 2 is 0.529 bits per heavy atom. The molecule has 24 rings (SSSR count). The second-order valence-corrected chi connectivity index (χ2v) is 27.2. The molecule has 468 valence electrons. The number of benzene rings is 22. The van der Waals surface area contributed by atoms with E-state index in [0.29, 0.717) is 27.8 Å². The minimum atomic E-state index is -0.458. The number of furan rings is 2. The van der Waals surface area contributed by atoms with E-state index in [2.05, 4.69) is 231 Å². The first kappa shape index (κ1) is 46.7. The number of fused-ring (bicyclic) bond motifs is 6. The number of para-hydroxylation sites is 2. The molecule has 24 aromatic rings. The van der Waals surface area contributed by atoms with Gasteiger partial charge >= 0.3 is 0 Å². The van der Waals surface area contributed by atoms with Gasteiger partial charge in [-0.15, -0.1) is 0 Å². The first-order chi connectivity index (χ1) is 54.7. The molecule has 0 fully saturated rings. The summed E-state index contributed by atoms with van der Waals surface area (Å²) in [6.07, 6.45) is 0. The molecule has 0 bridgehead atoms. The van der Waals surface area contributed by atoms with Crippen LogP contribution in [0.1, 0.15) is 13.7 Å². The largest absolute Gasteiger partial charge is 0.456 e. The summed E-state index contributed by atoms with van der Waals surface area (Å²) in [5.41, 5.74) is 9.68. The highest BCUT2D eigenvalue weighted by molar-refractivity contribution is 6.30. The van der Waals surface area contributed by atoms with Crippen LogP contribution in [0.25, 0.3) is 240 Å². The summed E-state index contributed by atoms with van der Waals surface area (Å²) in [5.74, 6) is 0. The lowest BCUT2D eigenvalue weighted by Gasteiger charge is -2.18. The lowest BCUT2D eigenvalue weighted by molar-refractivity contribution is 0.668. The molecule has 0 aliphatic carbocycles. The van der Waals surface area contributed by atoms with Gasteiger partial charge in [0.1, 0.15) is 22.3 Å². The minimum Gasteiger partial charge on any atom is -0.456 e. The molecule has 22 aromatic carbocycles. The molecule has 2 aromatic heterocycles. The van der Waals surface area contributed by atoms with Gasteiger partial charge in [0, 0.05) is 21.5 Å². The fourth-order valence-electron chi connectivity index (χ4n) is 17.2. The second-order valence-electron chi connectivity index (χ2n) is 27.2. The maximum absolute atomic E-state index is 10.1. The van der Waals surface area contributed by atoms with Gasteiger partial charge < -0.3 is 8.83 Å². The molecule has 2 heterocycles.